The van der Waals surface area contributed by atoms with Crippen molar-refractivity contribution in [1.82, 2.24) is 8.87 Å². The number of aryl methyl sites for hydroxylation is 1. The van der Waals surface area contributed by atoms with Gasteiger partial charge >= 0.3 is 0 Å². The first-order chi connectivity index (χ1) is 11.4. The first-order valence-electron chi connectivity index (χ1n) is 7.85. The third-order valence-electron chi connectivity index (χ3n) is 4.43. The highest BCUT2D eigenvalue weighted by molar-refractivity contribution is 7.89. The first kappa shape index (κ1) is 16.7. The Balaban J connectivity index is 1.82. The molecule has 0 saturated heterocycles. The topological polar surface area (TPSA) is 82.4 Å². The van der Waals surface area contributed by atoms with Crippen LogP contribution in [0.2, 0.25) is 0 Å². The van der Waals surface area contributed by atoms with Gasteiger partial charge in [-0.3, -0.25) is 0 Å². The summed E-state index contributed by atoms with van der Waals surface area (Å²) in [7, 11) is -3.59. The fraction of sp³-hybridized carbons (Fsp3) is 0.353. The lowest BCUT2D eigenvalue weighted by atomic mass is 10.1. The molecule has 0 bridgehead atoms. The molecule has 0 spiro atoms. The molecule has 0 amide bonds. The van der Waals surface area contributed by atoms with Crippen LogP contribution in [0, 0.1) is 0 Å². The van der Waals surface area contributed by atoms with Crippen molar-refractivity contribution in [2.24, 2.45) is 0 Å². The number of sulfonamides is 1. The minimum atomic E-state index is -3.59. The standard InChI is InChI=1S/C17H20N2O4S/c1-13-16-3-2-10-18(16)11-12-19(13)24(22,23)15-7-4-14(5-8-15)6-9-17(20)21/h2-5,7-8,10,13H,6,9,11-12H2,1H3,(H,20,21)/p-1/t13-/m0/s1. The van der Waals surface area contributed by atoms with E-state index in [1.807, 2.05) is 25.3 Å². The summed E-state index contributed by atoms with van der Waals surface area (Å²) < 4.78 is 29.4. The Kier molecular flexibility index (Phi) is 4.47. The molecule has 0 N–H and O–H groups in total. The number of carboxylic acids is 1. The highest BCUT2D eigenvalue weighted by Crippen LogP contribution is 2.31. The molecule has 128 valence electrons. The first-order valence-corrected chi connectivity index (χ1v) is 9.29. The number of nitrogens with zero attached hydrogens (tertiary/aromatic N) is 2. The fourth-order valence-corrected chi connectivity index (χ4v) is 4.69. The molecular formula is C17H19N2O4S-. The van der Waals surface area contributed by atoms with Crippen LogP contribution in [0.5, 0.6) is 0 Å². The molecule has 24 heavy (non-hydrogen) atoms. The molecule has 7 heteroatoms. The van der Waals surface area contributed by atoms with Crippen LogP contribution in [-0.4, -0.2) is 29.8 Å². The van der Waals surface area contributed by atoms with Gasteiger partial charge in [0.15, 0.2) is 0 Å². The Labute approximate surface area is 141 Å². The van der Waals surface area contributed by atoms with E-state index in [1.165, 1.54) is 4.31 Å². The highest BCUT2D eigenvalue weighted by atomic mass is 32.2. The van der Waals surface area contributed by atoms with Gasteiger partial charge in [-0.25, -0.2) is 8.42 Å². The molecule has 2 aromatic rings. The maximum atomic E-state index is 12.9. The lowest BCUT2D eigenvalue weighted by Gasteiger charge is -2.33. The van der Waals surface area contributed by atoms with E-state index in [2.05, 4.69) is 4.57 Å². The van der Waals surface area contributed by atoms with E-state index in [0.29, 0.717) is 19.5 Å². The lowest BCUT2D eigenvalue weighted by Crippen LogP contribution is -2.40. The van der Waals surface area contributed by atoms with Crippen LogP contribution in [0.15, 0.2) is 47.5 Å². The van der Waals surface area contributed by atoms with Gasteiger partial charge in [0.2, 0.25) is 10.0 Å². The van der Waals surface area contributed by atoms with Crippen LogP contribution < -0.4 is 5.11 Å². The zero-order valence-corrected chi connectivity index (χ0v) is 14.2. The van der Waals surface area contributed by atoms with Crippen LogP contribution in [-0.2, 0) is 27.8 Å². The summed E-state index contributed by atoms with van der Waals surface area (Å²) in [6, 6.07) is 10.0. The number of hydrogen-bond donors (Lipinski definition) is 0. The van der Waals surface area contributed by atoms with E-state index in [9.17, 15) is 18.3 Å². The van der Waals surface area contributed by atoms with E-state index in [4.69, 9.17) is 0 Å². The van der Waals surface area contributed by atoms with Crippen molar-refractivity contribution in [3.63, 3.8) is 0 Å². The third kappa shape index (κ3) is 3.09. The molecule has 0 saturated carbocycles. The molecule has 3 rings (SSSR count). The second kappa shape index (κ2) is 6.41. The van der Waals surface area contributed by atoms with Crippen LogP contribution in [0.4, 0.5) is 0 Å². The molecule has 6 nitrogen and oxygen atoms in total. The summed E-state index contributed by atoms with van der Waals surface area (Å²) in [5, 5.41) is 10.5. The number of carboxylic acid groups (broad SMARTS) is 1. The van der Waals surface area contributed by atoms with Crippen molar-refractivity contribution in [2.45, 2.75) is 37.2 Å². The van der Waals surface area contributed by atoms with Crippen LogP contribution >= 0.6 is 0 Å². The summed E-state index contributed by atoms with van der Waals surface area (Å²) in [4.78, 5) is 10.7. The molecule has 0 radical (unpaired) electrons. The quantitative estimate of drug-likeness (QED) is 0.806. The van der Waals surface area contributed by atoms with Crippen molar-refractivity contribution < 1.29 is 18.3 Å². The molecule has 1 aliphatic heterocycles. The molecule has 0 unspecified atom stereocenters. The number of fused-ring (bicyclic) bond motifs is 1. The molecule has 1 aromatic heterocycles. The predicted molar refractivity (Wildman–Crippen MR) is 86.5 cm³/mol. The van der Waals surface area contributed by atoms with E-state index in [1.54, 1.807) is 24.3 Å². The Morgan fingerprint density at radius 1 is 1.21 bits per heavy atom. The van der Waals surface area contributed by atoms with Crippen molar-refractivity contribution in [1.29, 1.82) is 0 Å². The van der Waals surface area contributed by atoms with E-state index >= 15 is 0 Å². The van der Waals surface area contributed by atoms with E-state index < -0.39 is 16.0 Å². The Hall–Kier alpha value is -2.12. The maximum absolute atomic E-state index is 12.9. The third-order valence-corrected chi connectivity index (χ3v) is 6.42. The largest absolute Gasteiger partial charge is 0.550 e. The average Bonchev–Trinajstić information content (AvgIpc) is 3.03. The molecule has 1 aromatic carbocycles. The molecule has 0 aliphatic carbocycles. The Morgan fingerprint density at radius 2 is 1.92 bits per heavy atom. The Morgan fingerprint density at radius 3 is 2.58 bits per heavy atom. The zero-order chi connectivity index (χ0) is 17.3. The normalized spacial score (nSPS) is 18.3. The summed E-state index contributed by atoms with van der Waals surface area (Å²) in [5.74, 6) is -1.11. The zero-order valence-electron chi connectivity index (χ0n) is 13.4. The van der Waals surface area contributed by atoms with Crippen LogP contribution in [0.3, 0.4) is 0 Å². The summed E-state index contributed by atoms with van der Waals surface area (Å²) in [6.45, 7) is 2.95. The molecule has 2 heterocycles. The fourth-order valence-electron chi connectivity index (χ4n) is 3.10. The van der Waals surface area contributed by atoms with E-state index in [-0.39, 0.29) is 17.4 Å². The minimum absolute atomic E-state index is 0.0771. The van der Waals surface area contributed by atoms with Gasteiger partial charge in [-0.15, -0.1) is 0 Å². The second-order valence-electron chi connectivity index (χ2n) is 5.93. The maximum Gasteiger partial charge on any atom is 0.243 e. The monoisotopic (exact) mass is 347 g/mol. The van der Waals surface area contributed by atoms with Gasteiger partial charge in [-0.1, -0.05) is 12.1 Å². The average molecular weight is 347 g/mol. The van der Waals surface area contributed by atoms with Crippen LogP contribution in [0.1, 0.15) is 30.6 Å². The number of aliphatic carboxylic acids is 1. The summed E-state index contributed by atoms with van der Waals surface area (Å²) >= 11 is 0. The minimum Gasteiger partial charge on any atom is -0.550 e. The predicted octanol–water partition coefficient (Wildman–Crippen LogP) is 0.936. The number of carbonyl (C=O) groups excluding carboxylic acids is 1. The van der Waals surface area contributed by atoms with Crippen molar-refractivity contribution in [3.8, 4) is 0 Å². The molecule has 1 atom stereocenters. The number of hydrogen-bond acceptors (Lipinski definition) is 4. The van der Waals surface area contributed by atoms with Crippen molar-refractivity contribution >= 4 is 16.0 Å². The second-order valence-corrected chi connectivity index (χ2v) is 7.82. The Bertz CT molecular complexity index is 840. The van der Waals surface area contributed by atoms with Gasteiger partial charge in [0.25, 0.3) is 0 Å². The SMILES string of the molecule is C[C@H]1c2cccn2CCN1S(=O)(=O)c1ccc(CCC(=O)[O-])cc1. The van der Waals surface area contributed by atoms with E-state index in [0.717, 1.165) is 11.3 Å². The van der Waals surface area contributed by atoms with Crippen LogP contribution in [0.25, 0.3) is 0 Å². The summed E-state index contributed by atoms with van der Waals surface area (Å²) in [6.07, 6.45) is 2.21. The molecule has 1 aliphatic rings. The number of rotatable bonds is 5. The van der Waals surface area contributed by atoms with Crippen molar-refractivity contribution in [2.75, 3.05) is 6.54 Å². The summed E-state index contributed by atoms with van der Waals surface area (Å²) in [5.41, 5.74) is 1.76. The smallest absolute Gasteiger partial charge is 0.243 e. The number of benzene rings is 1. The van der Waals surface area contributed by atoms with Gasteiger partial charge in [-0.05, 0) is 49.6 Å². The van der Waals surface area contributed by atoms with Gasteiger partial charge < -0.3 is 14.5 Å². The lowest BCUT2D eigenvalue weighted by molar-refractivity contribution is -0.305. The number of aromatic nitrogens is 1. The van der Waals surface area contributed by atoms with Gasteiger partial charge in [0.1, 0.15) is 0 Å². The highest BCUT2D eigenvalue weighted by Gasteiger charge is 2.33. The van der Waals surface area contributed by atoms with Gasteiger partial charge in [0, 0.05) is 30.9 Å². The van der Waals surface area contributed by atoms with Crippen molar-refractivity contribution in [3.05, 3.63) is 53.9 Å². The van der Waals surface area contributed by atoms with Gasteiger partial charge in [0.05, 0.1) is 10.9 Å². The molecule has 0 fully saturated rings. The number of carbonyl (C=O) groups is 1. The van der Waals surface area contributed by atoms with Gasteiger partial charge in [-0.2, -0.15) is 4.31 Å². The molecular weight excluding hydrogens is 328 g/mol.